The Balaban J connectivity index is 2.20. The number of rotatable bonds is 2. The van der Waals surface area contributed by atoms with Crippen LogP contribution >= 0.6 is 11.6 Å². The summed E-state index contributed by atoms with van der Waals surface area (Å²) >= 11 is 5.52. The largest absolute Gasteiger partial charge is 0.417 e. The third kappa shape index (κ3) is 2.43. The molecular weight excluding hydrogens is 239 g/mol. The molecule has 1 fully saturated rings. The molecule has 0 heterocycles. The number of benzene rings is 1. The molecule has 0 unspecified atom stereocenters. The first-order valence-electron chi connectivity index (χ1n) is 5.10. The maximum absolute atomic E-state index is 12.5. The standard InChI is InChI=1S/C11H11ClF3N/c12-10-5-4-8(16-7-2-1-3-7)6-9(10)11(13,14)15/h4-7,16H,1-3H2. The Kier molecular flexibility index (Phi) is 3.02. The van der Waals surface area contributed by atoms with E-state index in [1.54, 1.807) is 6.07 Å². The average Bonchev–Trinajstić information content (AvgIpc) is 2.12. The first kappa shape index (κ1) is 11.6. The van der Waals surface area contributed by atoms with Crippen LogP contribution in [0.15, 0.2) is 18.2 Å². The van der Waals surface area contributed by atoms with E-state index in [4.69, 9.17) is 11.6 Å². The molecule has 0 amide bonds. The number of hydrogen-bond donors (Lipinski definition) is 1. The molecule has 1 N–H and O–H groups in total. The predicted octanol–water partition coefficient (Wildman–Crippen LogP) is 4.32. The number of alkyl halides is 3. The maximum Gasteiger partial charge on any atom is 0.417 e. The van der Waals surface area contributed by atoms with Crippen molar-refractivity contribution in [1.29, 1.82) is 0 Å². The normalized spacial score (nSPS) is 17.0. The quantitative estimate of drug-likeness (QED) is 0.823. The average molecular weight is 250 g/mol. The molecule has 0 spiro atoms. The molecular formula is C11H11ClF3N. The summed E-state index contributed by atoms with van der Waals surface area (Å²) in [5.74, 6) is 0. The van der Waals surface area contributed by atoms with E-state index < -0.39 is 11.7 Å². The molecule has 1 aromatic carbocycles. The molecule has 0 aliphatic heterocycles. The van der Waals surface area contributed by atoms with E-state index in [1.165, 1.54) is 6.07 Å². The van der Waals surface area contributed by atoms with Gasteiger partial charge in [-0.15, -0.1) is 0 Å². The predicted molar refractivity (Wildman–Crippen MR) is 57.7 cm³/mol. The highest BCUT2D eigenvalue weighted by atomic mass is 35.5. The summed E-state index contributed by atoms with van der Waals surface area (Å²) < 4.78 is 37.6. The zero-order chi connectivity index (χ0) is 11.8. The minimum atomic E-state index is -4.39. The van der Waals surface area contributed by atoms with E-state index in [-0.39, 0.29) is 5.02 Å². The van der Waals surface area contributed by atoms with E-state index in [0.29, 0.717) is 11.7 Å². The Labute approximate surface area is 96.6 Å². The molecule has 1 saturated carbocycles. The molecule has 0 saturated heterocycles. The molecule has 1 aromatic rings. The van der Waals surface area contributed by atoms with Crippen molar-refractivity contribution in [2.24, 2.45) is 0 Å². The van der Waals surface area contributed by atoms with Crippen LogP contribution < -0.4 is 5.32 Å². The number of anilines is 1. The lowest BCUT2D eigenvalue weighted by molar-refractivity contribution is -0.137. The monoisotopic (exact) mass is 249 g/mol. The van der Waals surface area contributed by atoms with Crippen molar-refractivity contribution in [2.75, 3.05) is 5.32 Å². The summed E-state index contributed by atoms with van der Waals surface area (Å²) in [5, 5.41) is 2.80. The van der Waals surface area contributed by atoms with Gasteiger partial charge in [0.2, 0.25) is 0 Å². The molecule has 1 nitrogen and oxygen atoms in total. The summed E-state index contributed by atoms with van der Waals surface area (Å²) in [6.07, 6.45) is -1.22. The van der Waals surface area contributed by atoms with Gasteiger partial charge in [0.1, 0.15) is 0 Å². The maximum atomic E-state index is 12.5. The van der Waals surface area contributed by atoms with Crippen LogP contribution in [-0.4, -0.2) is 6.04 Å². The Morgan fingerprint density at radius 3 is 2.44 bits per heavy atom. The van der Waals surface area contributed by atoms with Crippen molar-refractivity contribution in [2.45, 2.75) is 31.5 Å². The molecule has 2 rings (SSSR count). The first-order chi connectivity index (χ1) is 7.47. The minimum Gasteiger partial charge on any atom is -0.382 e. The Morgan fingerprint density at radius 2 is 1.94 bits per heavy atom. The molecule has 88 valence electrons. The minimum absolute atomic E-state index is 0.258. The fourth-order valence-corrected chi connectivity index (χ4v) is 1.85. The van der Waals surface area contributed by atoms with Crippen molar-refractivity contribution in [3.63, 3.8) is 0 Å². The fraction of sp³-hybridized carbons (Fsp3) is 0.455. The number of hydrogen-bond acceptors (Lipinski definition) is 1. The summed E-state index contributed by atoms with van der Waals surface area (Å²) in [6.45, 7) is 0. The van der Waals surface area contributed by atoms with Crippen LogP contribution in [0.1, 0.15) is 24.8 Å². The number of nitrogens with one attached hydrogen (secondary N) is 1. The van der Waals surface area contributed by atoms with Crippen LogP contribution in [0.5, 0.6) is 0 Å². The highest BCUT2D eigenvalue weighted by molar-refractivity contribution is 6.31. The van der Waals surface area contributed by atoms with Crippen molar-refractivity contribution in [1.82, 2.24) is 0 Å². The molecule has 5 heteroatoms. The van der Waals surface area contributed by atoms with Crippen LogP contribution in [0.25, 0.3) is 0 Å². The summed E-state index contributed by atoms with van der Waals surface area (Å²) in [4.78, 5) is 0. The Morgan fingerprint density at radius 1 is 1.25 bits per heavy atom. The zero-order valence-electron chi connectivity index (χ0n) is 8.44. The lowest BCUT2D eigenvalue weighted by Gasteiger charge is -2.27. The highest BCUT2D eigenvalue weighted by Crippen LogP contribution is 2.36. The van der Waals surface area contributed by atoms with Gasteiger partial charge in [0.25, 0.3) is 0 Å². The van der Waals surface area contributed by atoms with Crippen molar-refractivity contribution >= 4 is 17.3 Å². The van der Waals surface area contributed by atoms with Gasteiger partial charge in [-0.2, -0.15) is 13.2 Å². The molecule has 0 aromatic heterocycles. The number of halogens is 4. The van der Waals surface area contributed by atoms with Gasteiger partial charge >= 0.3 is 6.18 Å². The van der Waals surface area contributed by atoms with E-state index >= 15 is 0 Å². The molecule has 1 aliphatic rings. The summed E-state index contributed by atoms with van der Waals surface area (Å²) in [7, 11) is 0. The smallest absolute Gasteiger partial charge is 0.382 e. The van der Waals surface area contributed by atoms with Crippen LogP contribution in [0.2, 0.25) is 5.02 Å². The van der Waals surface area contributed by atoms with E-state index in [1.807, 2.05) is 0 Å². The molecule has 0 radical (unpaired) electrons. The van der Waals surface area contributed by atoms with E-state index in [0.717, 1.165) is 25.3 Å². The van der Waals surface area contributed by atoms with E-state index in [2.05, 4.69) is 5.32 Å². The first-order valence-corrected chi connectivity index (χ1v) is 5.48. The summed E-state index contributed by atoms with van der Waals surface area (Å²) in [6, 6.07) is 4.24. The second-order valence-electron chi connectivity index (χ2n) is 3.96. The van der Waals surface area contributed by atoms with Gasteiger partial charge in [-0.25, -0.2) is 0 Å². The Hall–Kier alpha value is -0.900. The highest BCUT2D eigenvalue weighted by Gasteiger charge is 2.33. The molecule has 0 atom stereocenters. The van der Waals surface area contributed by atoms with Crippen molar-refractivity contribution in [3.8, 4) is 0 Å². The van der Waals surface area contributed by atoms with Crippen LogP contribution in [0.3, 0.4) is 0 Å². The van der Waals surface area contributed by atoms with Gasteiger partial charge in [0.15, 0.2) is 0 Å². The summed E-state index contributed by atoms with van der Waals surface area (Å²) in [5.41, 5.74) is -0.292. The molecule has 1 aliphatic carbocycles. The second kappa shape index (κ2) is 4.17. The molecule has 0 bridgehead atoms. The zero-order valence-corrected chi connectivity index (χ0v) is 9.20. The van der Waals surface area contributed by atoms with Gasteiger partial charge in [0, 0.05) is 11.7 Å². The lowest BCUT2D eigenvalue weighted by Crippen LogP contribution is -2.27. The second-order valence-corrected chi connectivity index (χ2v) is 4.37. The lowest BCUT2D eigenvalue weighted by atomic mass is 9.93. The van der Waals surface area contributed by atoms with Crippen LogP contribution in [0.4, 0.5) is 18.9 Å². The molecule has 16 heavy (non-hydrogen) atoms. The third-order valence-electron chi connectivity index (χ3n) is 2.75. The Bertz CT molecular complexity index is 385. The topological polar surface area (TPSA) is 12.0 Å². The van der Waals surface area contributed by atoms with E-state index in [9.17, 15) is 13.2 Å². The van der Waals surface area contributed by atoms with Gasteiger partial charge in [-0.1, -0.05) is 11.6 Å². The fourth-order valence-electron chi connectivity index (χ4n) is 1.62. The van der Waals surface area contributed by atoms with Crippen molar-refractivity contribution < 1.29 is 13.2 Å². The van der Waals surface area contributed by atoms with Crippen molar-refractivity contribution in [3.05, 3.63) is 28.8 Å². The van der Waals surface area contributed by atoms with Crippen LogP contribution in [0, 0.1) is 0 Å². The van der Waals surface area contributed by atoms with Gasteiger partial charge in [-0.05, 0) is 37.5 Å². The third-order valence-corrected chi connectivity index (χ3v) is 3.08. The van der Waals surface area contributed by atoms with Gasteiger partial charge in [0.05, 0.1) is 10.6 Å². The van der Waals surface area contributed by atoms with Crippen LogP contribution in [-0.2, 0) is 6.18 Å². The SMILES string of the molecule is FC(F)(F)c1cc(NC2CCC2)ccc1Cl. The van der Waals surface area contributed by atoms with Gasteiger partial charge in [-0.3, -0.25) is 0 Å². The van der Waals surface area contributed by atoms with Gasteiger partial charge < -0.3 is 5.32 Å².